The van der Waals surface area contributed by atoms with Gasteiger partial charge in [-0.3, -0.25) is 9.00 Å². The molecule has 2 atom stereocenters. The SMILES string of the molecule is CCCn1cc(N)cc1C(=O)NCC(C)S(C)=O. The van der Waals surface area contributed by atoms with Crippen LogP contribution in [-0.2, 0) is 17.3 Å². The van der Waals surface area contributed by atoms with Gasteiger partial charge in [0.2, 0.25) is 0 Å². The van der Waals surface area contributed by atoms with E-state index in [0.29, 0.717) is 17.9 Å². The van der Waals surface area contributed by atoms with Crippen molar-refractivity contribution in [1.82, 2.24) is 9.88 Å². The largest absolute Gasteiger partial charge is 0.397 e. The predicted molar refractivity (Wildman–Crippen MR) is 75.0 cm³/mol. The van der Waals surface area contributed by atoms with E-state index < -0.39 is 10.8 Å². The van der Waals surface area contributed by atoms with Gasteiger partial charge in [0.15, 0.2) is 0 Å². The molecule has 6 heteroatoms. The van der Waals surface area contributed by atoms with E-state index in [4.69, 9.17) is 5.73 Å². The van der Waals surface area contributed by atoms with Crippen LogP contribution in [0, 0.1) is 0 Å². The van der Waals surface area contributed by atoms with Crippen molar-refractivity contribution < 1.29 is 9.00 Å². The van der Waals surface area contributed by atoms with Crippen molar-refractivity contribution in [3.05, 3.63) is 18.0 Å². The first-order valence-electron chi connectivity index (χ1n) is 6.01. The van der Waals surface area contributed by atoms with Gasteiger partial charge in [0.05, 0.1) is 5.69 Å². The molecule has 0 radical (unpaired) electrons. The Morgan fingerprint density at radius 2 is 2.28 bits per heavy atom. The second kappa shape index (κ2) is 6.58. The maximum Gasteiger partial charge on any atom is 0.268 e. The van der Waals surface area contributed by atoms with Crippen LogP contribution in [0.25, 0.3) is 0 Å². The molecular formula is C12H21N3O2S. The molecule has 3 N–H and O–H groups in total. The smallest absolute Gasteiger partial charge is 0.268 e. The monoisotopic (exact) mass is 271 g/mol. The molecule has 0 aromatic carbocycles. The van der Waals surface area contributed by atoms with Gasteiger partial charge in [0.25, 0.3) is 5.91 Å². The molecule has 1 amide bonds. The molecule has 1 heterocycles. The molecule has 0 aliphatic carbocycles. The number of anilines is 1. The lowest BCUT2D eigenvalue weighted by molar-refractivity contribution is 0.0944. The minimum atomic E-state index is -0.933. The first-order valence-corrected chi connectivity index (χ1v) is 7.63. The van der Waals surface area contributed by atoms with Gasteiger partial charge in [-0.15, -0.1) is 0 Å². The predicted octanol–water partition coefficient (Wildman–Crippen LogP) is 0.977. The Hall–Kier alpha value is -1.30. The number of nitrogens with one attached hydrogen (secondary N) is 1. The molecule has 2 unspecified atom stereocenters. The summed E-state index contributed by atoms with van der Waals surface area (Å²) >= 11 is 0. The highest BCUT2D eigenvalue weighted by Gasteiger charge is 2.14. The maximum absolute atomic E-state index is 12.0. The number of rotatable bonds is 6. The van der Waals surface area contributed by atoms with Gasteiger partial charge in [-0.05, 0) is 19.4 Å². The quantitative estimate of drug-likeness (QED) is 0.809. The van der Waals surface area contributed by atoms with E-state index in [-0.39, 0.29) is 11.2 Å². The zero-order valence-electron chi connectivity index (χ0n) is 11.1. The Kier molecular flexibility index (Phi) is 5.40. The molecule has 18 heavy (non-hydrogen) atoms. The molecule has 0 bridgehead atoms. The van der Waals surface area contributed by atoms with E-state index in [1.807, 2.05) is 18.4 Å². The third-order valence-corrected chi connectivity index (χ3v) is 4.03. The zero-order chi connectivity index (χ0) is 13.7. The Bertz CT molecular complexity index is 443. The average molecular weight is 271 g/mol. The van der Waals surface area contributed by atoms with Crippen LogP contribution >= 0.6 is 0 Å². The fourth-order valence-corrected chi connectivity index (χ4v) is 1.91. The fourth-order valence-electron chi connectivity index (χ4n) is 1.59. The number of hydrogen-bond acceptors (Lipinski definition) is 3. The molecule has 1 rings (SSSR count). The van der Waals surface area contributed by atoms with Crippen molar-refractivity contribution in [1.29, 1.82) is 0 Å². The highest BCUT2D eigenvalue weighted by Crippen LogP contribution is 2.11. The van der Waals surface area contributed by atoms with Crippen molar-refractivity contribution in [2.75, 3.05) is 18.5 Å². The molecule has 0 saturated carbocycles. The summed E-state index contributed by atoms with van der Waals surface area (Å²) < 4.78 is 13.0. The number of nitrogen functional groups attached to an aromatic ring is 1. The number of amides is 1. The van der Waals surface area contributed by atoms with Crippen LogP contribution in [0.5, 0.6) is 0 Å². The van der Waals surface area contributed by atoms with Crippen molar-refractivity contribution in [3.8, 4) is 0 Å². The van der Waals surface area contributed by atoms with Crippen molar-refractivity contribution in [3.63, 3.8) is 0 Å². The molecule has 0 aliphatic heterocycles. The summed E-state index contributed by atoms with van der Waals surface area (Å²) in [5.41, 5.74) is 6.84. The number of aryl methyl sites for hydroxylation is 1. The summed E-state index contributed by atoms with van der Waals surface area (Å²) in [5, 5.41) is 2.73. The van der Waals surface area contributed by atoms with Crippen LogP contribution in [0.3, 0.4) is 0 Å². The van der Waals surface area contributed by atoms with Crippen molar-refractivity contribution >= 4 is 22.4 Å². The third-order valence-electron chi connectivity index (χ3n) is 2.73. The van der Waals surface area contributed by atoms with Crippen molar-refractivity contribution in [2.24, 2.45) is 0 Å². The molecular weight excluding hydrogens is 250 g/mol. The highest BCUT2D eigenvalue weighted by atomic mass is 32.2. The van der Waals surface area contributed by atoms with Crippen LogP contribution in [0.1, 0.15) is 30.8 Å². The van der Waals surface area contributed by atoms with Crippen LogP contribution in [0.2, 0.25) is 0 Å². The van der Waals surface area contributed by atoms with Gasteiger partial charge >= 0.3 is 0 Å². The van der Waals surface area contributed by atoms with Gasteiger partial charge in [-0.25, -0.2) is 0 Å². The van der Waals surface area contributed by atoms with Crippen molar-refractivity contribution in [2.45, 2.75) is 32.1 Å². The maximum atomic E-state index is 12.0. The first-order chi connectivity index (χ1) is 8.45. The summed E-state index contributed by atoms with van der Waals surface area (Å²) in [5.74, 6) is -0.169. The Labute approximate surface area is 110 Å². The highest BCUT2D eigenvalue weighted by molar-refractivity contribution is 7.84. The second-order valence-corrected chi connectivity index (χ2v) is 6.17. The van der Waals surface area contributed by atoms with Gasteiger partial charge in [-0.1, -0.05) is 6.92 Å². The number of aromatic nitrogens is 1. The van der Waals surface area contributed by atoms with Gasteiger partial charge in [-0.2, -0.15) is 0 Å². The Morgan fingerprint density at radius 3 is 2.83 bits per heavy atom. The molecule has 1 aromatic heterocycles. The Morgan fingerprint density at radius 1 is 1.61 bits per heavy atom. The molecule has 0 aliphatic rings. The van der Waals surface area contributed by atoms with Crippen LogP contribution in [0.4, 0.5) is 5.69 Å². The minimum Gasteiger partial charge on any atom is -0.397 e. The van der Waals surface area contributed by atoms with E-state index in [0.717, 1.165) is 13.0 Å². The number of nitrogens with zero attached hydrogens (tertiary/aromatic N) is 1. The number of carbonyl (C=O) groups is 1. The van der Waals surface area contributed by atoms with Crippen LogP contribution < -0.4 is 11.1 Å². The first kappa shape index (κ1) is 14.8. The lowest BCUT2D eigenvalue weighted by Crippen LogP contribution is -2.33. The van der Waals surface area contributed by atoms with E-state index in [1.165, 1.54) is 0 Å². The molecule has 1 aromatic rings. The standard InChI is InChI=1S/C12H21N3O2S/c1-4-5-15-8-10(13)6-11(15)12(16)14-7-9(2)18(3)17/h6,8-9H,4-5,7,13H2,1-3H3,(H,14,16). The average Bonchev–Trinajstić information content (AvgIpc) is 2.67. The molecule has 0 fully saturated rings. The van der Waals surface area contributed by atoms with Gasteiger partial charge in [0, 0.05) is 41.6 Å². The Balaban J connectivity index is 2.69. The summed E-state index contributed by atoms with van der Waals surface area (Å²) in [6, 6.07) is 1.67. The third kappa shape index (κ3) is 3.87. The molecule has 5 nitrogen and oxygen atoms in total. The molecule has 0 spiro atoms. The molecule has 0 saturated heterocycles. The second-order valence-electron chi connectivity index (χ2n) is 4.37. The number of nitrogens with two attached hydrogens (primary N) is 1. The minimum absolute atomic E-state index is 0.0547. The summed E-state index contributed by atoms with van der Waals surface area (Å²) in [7, 11) is -0.933. The number of hydrogen-bond donors (Lipinski definition) is 2. The van der Waals surface area contributed by atoms with E-state index in [9.17, 15) is 9.00 Å². The van der Waals surface area contributed by atoms with E-state index in [1.54, 1.807) is 18.5 Å². The molecule has 102 valence electrons. The number of carbonyl (C=O) groups excluding carboxylic acids is 1. The summed E-state index contributed by atoms with van der Waals surface area (Å²) in [6.07, 6.45) is 4.33. The zero-order valence-corrected chi connectivity index (χ0v) is 11.9. The lowest BCUT2D eigenvalue weighted by atomic mass is 10.3. The van der Waals surface area contributed by atoms with Gasteiger partial charge < -0.3 is 15.6 Å². The lowest BCUT2D eigenvalue weighted by Gasteiger charge is -2.11. The summed E-state index contributed by atoms with van der Waals surface area (Å²) in [6.45, 7) is 5.05. The van der Waals surface area contributed by atoms with Crippen LogP contribution in [0.15, 0.2) is 12.3 Å². The normalized spacial score (nSPS) is 14.2. The topological polar surface area (TPSA) is 77.1 Å². The summed E-state index contributed by atoms with van der Waals surface area (Å²) in [4.78, 5) is 12.0. The van der Waals surface area contributed by atoms with E-state index >= 15 is 0 Å². The fraction of sp³-hybridized carbons (Fsp3) is 0.583. The van der Waals surface area contributed by atoms with Gasteiger partial charge in [0.1, 0.15) is 5.69 Å². The van der Waals surface area contributed by atoms with Crippen LogP contribution in [-0.4, -0.2) is 32.7 Å². The van der Waals surface area contributed by atoms with E-state index in [2.05, 4.69) is 5.32 Å².